The first kappa shape index (κ1) is 15.2. The van der Waals surface area contributed by atoms with Crippen molar-refractivity contribution in [1.82, 2.24) is 10.6 Å². The largest absolute Gasteiger partial charge is 0.478 e. The summed E-state index contributed by atoms with van der Waals surface area (Å²) in [5, 5.41) is 12.7. The molecular weight excluding hydrogens is 224 g/mol. The second-order valence-electron chi connectivity index (χ2n) is 3.95. The van der Waals surface area contributed by atoms with Crippen LogP contribution in [0.1, 0.15) is 26.7 Å². The molecule has 0 heterocycles. The van der Waals surface area contributed by atoms with Gasteiger partial charge in [-0.25, -0.2) is 9.59 Å². The first-order valence-corrected chi connectivity index (χ1v) is 5.41. The summed E-state index contributed by atoms with van der Waals surface area (Å²) < 4.78 is 0. The maximum atomic E-state index is 11.1. The summed E-state index contributed by atoms with van der Waals surface area (Å²) in [7, 11) is 0. The minimum atomic E-state index is -1.24. The molecule has 0 aliphatic rings. The van der Waals surface area contributed by atoms with Crippen molar-refractivity contribution in [2.45, 2.75) is 26.7 Å². The third kappa shape index (κ3) is 10.4. The zero-order valence-electron chi connectivity index (χ0n) is 10.0. The molecule has 0 saturated heterocycles. The lowest BCUT2D eigenvalue weighted by molar-refractivity contribution is -0.131. The lowest BCUT2D eigenvalue weighted by atomic mass is 10.1. The fourth-order valence-corrected chi connectivity index (χ4v) is 1.06. The molecule has 0 atom stereocenters. The molecule has 0 aliphatic carbocycles. The van der Waals surface area contributed by atoms with E-state index in [1.54, 1.807) is 0 Å². The minimum Gasteiger partial charge on any atom is -0.478 e. The molecule has 3 N–H and O–H groups in total. The Morgan fingerprint density at radius 2 is 1.88 bits per heavy atom. The Morgan fingerprint density at radius 3 is 2.41 bits per heavy atom. The van der Waals surface area contributed by atoms with Gasteiger partial charge in [-0.2, -0.15) is 0 Å². The van der Waals surface area contributed by atoms with Crippen LogP contribution in [0.2, 0.25) is 0 Å². The monoisotopic (exact) mass is 242 g/mol. The maximum absolute atomic E-state index is 11.1. The van der Waals surface area contributed by atoms with Gasteiger partial charge >= 0.3 is 12.0 Å². The van der Waals surface area contributed by atoms with Crippen molar-refractivity contribution in [2.75, 3.05) is 6.54 Å². The molecule has 6 nitrogen and oxygen atoms in total. The molecule has 0 spiro atoms. The highest BCUT2D eigenvalue weighted by atomic mass is 16.4. The summed E-state index contributed by atoms with van der Waals surface area (Å²) in [5.74, 6) is -1.42. The molecule has 96 valence electrons. The van der Waals surface area contributed by atoms with Crippen LogP contribution in [0.4, 0.5) is 4.79 Å². The molecule has 3 amide bonds. The number of urea groups is 1. The van der Waals surface area contributed by atoms with Crippen LogP contribution in [0.15, 0.2) is 12.2 Å². The van der Waals surface area contributed by atoms with Crippen molar-refractivity contribution in [3.05, 3.63) is 12.2 Å². The van der Waals surface area contributed by atoms with Crippen LogP contribution in [0.3, 0.4) is 0 Å². The Balaban J connectivity index is 3.72. The Labute approximate surface area is 100 Å². The number of carbonyl (C=O) groups is 3. The standard InChI is InChI=1S/C11H18N2O4/c1-8(2)4-3-7-12-11(17)13-9(14)5-6-10(15)16/h5-6,8H,3-4,7H2,1-2H3,(H,15,16)(H2,12,13,14,17). The summed E-state index contributed by atoms with van der Waals surface area (Å²) in [4.78, 5) is 32.2. The molecule has 0 fully saturated rings. The second-order valence-corrected chi connectivity index (χ2v) is 3.95. The highest BCUT2D eigenvalue weighted by Gasteiger charge is 2.04. The molecule has 17 heavy (non-hydrogen) atoms. The molecular formula is C11H18N2O4. The van der Waals surface area contributed by atoms with Gasteiger partial charge in [0.2, 0.25) is 0 Å². The van der Waals surface area contributed by atoms with E-state index >= 15 is 0 Å². The molecule has 0 radical (unpaired) electrons. The quantitative estimate of drug-likeness (QED) is 0.476. The fourth-order valence-electron chi connectivity index (χ4n) is 1.06. The summed E-state index contributed by atoms with van der Waals surface area (Å²) >= 11 is 0. The van der Waals surface area contributed by atoms with Gasteiger partial charge < -0.3 is 10.4 Å². The fraction of sp³-hybridized carbons (Fsp3) is 0.545. The summed E-state index contributed by atoms with van der Waals surface area (Å²) in [5.41, 5.74) is 0. The van der Waals surface area contributed by atoms with E-state index in [1.165, 1.54) is 0 Å². The van der Waals surface area contributed by atoms with Crippen LogP contribution in [0.5, 0.6) is 0 Å². The Bertz CT molecular complexity index is 311. The van der Waals surface area contributed by atoms with Crippen molar-refractivity contribution in [3.8, 4) is 0 Å². The van der Waals surface area contributed by atoms with E-state index in [9.17, 15) is 14.4 Å². The van der Waals surface area contributed by atoms with E-state index < -0.39 is 17.9 Å². The lowest BCUT2D eigenvalue weighted by Gasteiger charge is -2.06. The SMILES string of the molecule is CC(C)CCCNC(=O)NC(=O)C=CC(=O)O. The summed E-state index contributed by atoms with van der Waals surface area (Å²) in [6, 6.07) is -0.617. The number of amides is 3. The number of carbonyl (C=O) groups excluding carboxylic acids is 2. The van der Waals surface area contributed by atoms with E-state index in [1.807, 2.05) is 5.32 Å². The zero-order chi connectivity index (χ0) is 13.3. The van der Waals surface area contributed by atoms with Gasteiger partial charge in [-0.15, -0.1) is 0 Å². The summed E-state index contributed by atoms with van der Waals surface area (Å²) in [6.45, 7) is 4.65. The van der Waals surface area contributed by atoms with Crippen LogP contribution >= 0.6 is 0 Å². The number of hydrogen-bond acceptors (Lipinski definition) is 3. The van der Waals surface area contributed by atoms with E-state index in [0.717, 1.165) is 18.9 Å². The Morgan fingerprint density at radius 1 is 1.24 bits per heavy atom. The third-order valence-electron chi connectivity index (χ3n) is 1.86. The van der Waals surface area contributed by atoms with E-state index in [0.29, 0.717) is 18.5 Å². The summed E-state index contributed by atoms with van der Waals surface area (Å²) in [6.07, 6.45) is 3.29. The first-order valence-electron chi connectivity index (χ1n) is 5.41. The van der Waals surface area contributed by atoms with Gasteiger partial charge in [0.1, 0.15) is 0 Å². The van der Waals surface area contributed by atoms with Gasteiger partial charge in [0.25, 0.3) is 5.91 Å². The average molecular weight is 242 g/mol. The van der Waals surface area contributed by atoms with Gasteiger partial charge in [0.15, 0.2) is 0 Å². The third-order valence-corrected chi connectivity index (χ3v) is 1.86. The molecule has 0 aromatic rings. The molecule has 0 aromatic carbocycles. The molecule has 0 aromatic heterocycles. The number of hydrogen-bond donors (Lipinski definition) is 3. The molecule has 0 bridgehead atoms. The zero-order valence-corrected chi connectivity index (χ0v) is 10.0. The van der Waals surface area contributed by atoms with Crippen molar-refractivity contribution < 1.29 is 19.5 Å². The van der Waals surface area contributed by atoms with Gasteiger partial charge in [0.05, 0.1) is 0 Å². The van der Waals surface area contributed by atoms with Gasteiger partial charge in [-0.1, -0.05) is 13.8 Å². The first-order chi connectivity index (χ1) is 7.91. The van der Waals surface area contributed by atoms with E-state index in [4.69, 9.17) is 5.11 Å². The smallest absolute Gasteiger partial charge is 0.328 e. The van der Waals surface area contributed by atoms with Crippen LogP contribution in [0, 0.1) is 5.92 Å². The molecule has 0 aliphatic heterocycles. The van der Waals surface area contributed by atoms with Crippen molar-refractivity contribution in [1.29, 1.82) is 0 Å². The molecule has 0 rings (SSSR count). The van der Waals surface area contributed by atoms with Crippen LogP contribution in [-0.4, -0.2) is 29.6 Å². The second kappa shape index (κ2) is 8.32. The van der Waals surface area contributed by atoms with Crippen molar-refractivity contribution >= 4 is 17.9 Å². The van der Waals surface area contributed by atoms with Crippen molar-refractivity contribution in [2.24, 2.45) is 5.92 Å². The normalized spacial score (nSPS) is 10.5. The van der Waals surface area contributed by atoms with Crippen LogP contribution < -0.4 is 10.6 Å². The highest BCUT2D eigenvalue weighted by molar-refractivity contribution is 6.02. The number of imide groups is 1. The number of carboxylic acids is 1. The predicted molar refractivity (Wildman–Crippen MR) is 62.4 cm³/mol. The highest BCUT2D eigenvalue weighted by Crippen LogP contribution is 2.01. The van der Waals surface area contributed by atoms with Crippen LogP contribution in [-0.2, 0) is 9.59 Å². The van der Waals surface area contributed by atoms with Gasteiger partial charge in [0, 0.05) is 18.7 Å². The number of nitrogens with one attached hydrogen (secondary N) is 2. The minimum absolute atomic E-state index is 0.486. The topological polar surface area (TPSA) is 95.5 Å². The molecule has 0 saturated carbocycles. The van der Waals surface area contributed by atoms with Gasteiger partial charge in [-0.05, 0) is 18.8 Å². The average Bonchev–Trinajstić information content (AvgIpc) is 2.21. The maximum Gasteiger partial charge on any atom is 0.328 e. The van der Waals surface area contributed by atoms with E-state index in [-0.39, 0.29) is 0 Å². The number of rotatable bonds is 6. The number of carboxylic acid groups (broad SMARTS) is 1. The Kier molecular flexibility index (Phi) is 7.41. The van der Waals surface area contributed by atoms with E-state index in [2.05, 4.69) is 19.2 Å². The Hall–Kier alpha value is -1.85. The molecule has 6 heteroatoms. The van der Waals surface area contributed by atoms with Gasteiger partial charge in [-0.3, -0.25) is 10.1 Å². The van der Waals surface area contributed by atoms with Crippen LogP contribution in [0.25, 0.3) is 0 Å². The number of aliphatic carboxylic acids is 1. The molecule has 0 unspecified atom stereocenters. The van der Waals surface area contributed by atoms with Crippen molar-refractivity contribution in [3.63, 3.8) is 0 Å². The predicted octanol–water partition coefficient (Wildman–Crippen LogP) is 0.889. The lowest BCUT2D eigenvalue weighted by Crippen LogP contribution is -2.39.